The number of carbonyl (C=O) groups is 1. The number of carbonyl (C=O) groups excluding carboxylic acids is 1. The summed E-state index contributed by atoms with van der Waals surface area (Å²) in [5.41, 5.74) is 1.14. The van der Waals surface area contributed by atoms with Gasteiger partial charge in [-0.3, -0.25) is 4.79 Å². The number of rotatable bonds is 4. The second-order valence-electron chi connectivity index (χ2n) is 4.42. The van der Waals surface area contributed by atoms with E-state index >= 15 is 0 Å². The van der Waals surface area contributed by atoms with Crippen LogP contribution < -0.4 is 5.32 Å². The number of nitrogens with zero attached hydrogens (tertiary/aromatic N) is 4. The molecule has 2 heterocycles. The second-order valence-corrected chi connectivity index (χ2v) is 4.42. The number of benzene rings is 1. The lowest BCUT2D eigenvalue weighted by atomic mass is 10.1. The fourth-order valence-electron chi connectivity index (χ4n) is 1.98. The number of tetrazole rings is 1. The highest BCUT2D eigenvalue weighted by Crippen LogP contribution is 2.14. The summed E-state index contributed by atoms with van der Waals surface area (Å²) in [7, 11) is 0. The van der Waals surface area contributed by atoms with Gasteiger partial charge in [-0.2, -0.15) is 4.68 Å². The Balaban J connectivity index is 1.85. The maximum Gasteiger partial charge on any atom is 0.253 e. The van der Waals surface area contributed by atoms with Crippen LogP contribution in [0.4, 0.5) is 0 Å². The minimum atomic E-state index is -0.211. The number of para-hydroxylation sites is 1. The van der Waals surface area contributed by atoms with Gasteiger partial charge in [-0.15, -0.1) is 5.10 Å². The maximum atomic E-state index is 12.3. The van der Waals surface area contributed by atoms with Gasteiger partial charge < -0.3 is 9.73 Å². The van der Waals surface area contributed by atoms with Gasteiger partial charge in [0.05, 0.1) is 24.1 Å². The fourth-order valence-corrected chi connectivity index (χ4v) is 1.98. The van der Waals surface area contributed by atoms with Crippen molar-refractivity contribution in [3.05, 3.63) is 59.8 Å². The quantitative estimate of drug-likeness (QED) is 0.784. The Hall–Kier alpha value is -2.96. The van der Waals surface area contributed by atoms with E-state index in [9.17, 15) is 4.79 Å². The minimum absolute atomic E-state index is 0.211. The van der Waals surface area contributed by atoms with Gasteiger partial charge in [-0.25, -0.2) is 0 Å². The lowest BCUT2D eigenvalue weighted by Crippen LogP contribution is -2.24. The zero-order chi connectivity index (χ0) is 14.7. The van der Waals surface area contributed by atoms with Gasteiger partial charge in [0.15, 0.2) is 5.82 Å². The first-order valence-electron chi connectivity index (χ1n) is 6.40. The molecule has 7 nitrogen and oxygen atoms in total. The minimum Gasteiger partial charge on any atom is -0.467 e. The zero-order valence-corrected chi connectivity index (χ0v) is 11.4. The van der Waals surface area contributed by atoms with Crippen LogP contribution in [-0.2, 0) is 6.54 Å². The molecule has 1 aromatic carbocycles. The van der Waals surface area contributed by atoms with Crippen molar-refractivity contribution in [3.63, 3.8) is 0 Å². The largest absolute Gasteiger partial charge is 0.467 e. The van der Waals surface area contributed by atoms with E-state index in [1.54, 1.807) is 43.5 Å². The summed E-state index contributed by atoms with van der Waals surface area (Å²) in [4.78, 5) is 12.3. The Labute approximate surface area is 120 Å². The summed E-state index contributed by atoms with van der Waals surface area (Å²) in [5.74, 6) is 1.10. The molecule has 106 valence electrons. The average molecular weight is 283 g/mol. The number of aryl methyl sites for hydroxylation is 1. The molecule has 0 aliphatic rings. The third-order valence-corrected chi connectivity index (χ3v) is 3.01. The van der Waals surface area contributed by atoms with Gasteiger partial charge in [-0.05, 0) is 41.6 Å². The Morgan fingerprint density at radius 1 is 1.29 bits per heavy atom. The first-order valence-corrected chi connectivity index (χ1v) is 6.40. The zero-order valence-electron chi connectivity index (χ0n) is 11.4. The molecule has 7 heteroatoms. The van der Waals surface area contributed by atoms with Crippen LogP contribution in [0.25, 0.3) is 5.69 Å². The Kier molecular flexibility index (Phi) is 3.46. The van der Waals surface area contributed by atoms with Crippen LogP contribution in [0.5, 0.6) is 0 Å². The molecule has 0 aliphatic heterocycles. The van der Waals surface area contributed by atoms with Crippen molar-refractivity contribution >= 4 is 5.91 Å². The van der Waals surface area contributed by atoms with Crippen molar-refractivity contribution in [2.24, 2.45) is 0 Å². The van der Waals surface area contributed by atoms with Crippen LogP contribution in [-0.4, -0.2) is 26.1 Å². The van der Waals surface area contributed by atoms with E-state index in [1.165, 1.54) is 4.68 Å². The van der Waals surface area contributed by atoms with Crippen LogP contribution in [0.2, 0.25) is 0 Å². The monoisotopic (exact) mass is 283 g/mol. The number of amides is 1. The standard InChI is InChI=1S/C14H13N5O2/c1-10-16-17-18-19(10)13-7-3-2-6-12(13)14(20)15-9-11-5-4-8-21-11/h2-8H,9H2,1H3,(H,15,20). The molecule has 0 unspecified atom stereocenters. The second kappa shape index (κ2) is 5.58. The van der Waals surface area contributed by atoms with Gasteiger partial charge in [0.2, 0.25) is 0 Å². The average Bonchev–Trinajstić information content (AvgIpc) is 3.16. The molecule has 0 fully saturated rings. The molecule has 3 rings (SSSR count). The Morgan fingerprint density at radius 2 is 2.14 bits per heavy atom. The lowest BCUT2D eigenvalue weighted by molar-refractivity contribution is 0.0948. The normalized spacial score (nSPS) is 10.5. The molecule has 0 radical (unpaired) electrons. The molecule has 0 aliphatic carbocycles. The Morgan fingerprint density at radius 3 is 2.86 bits per heavy atom. The van der Waals surface area contributed by atoms with E-state index in [1.807, 2.05) is 6.07 Å². The van der Waals surface area contributed by atoms with Gasteiger partial charge in [0, 0.05) is 0 Å². The van der Waals surface area contributed by atoms with Crippen LogP contribution in [0.3, 0.4) is 0 Å². The molecular formula is C14H13N5O2. The molecule has 21 heavy (non-hydrogen) atoms. The smallest absolute Gasteiger partial charge is 0.253 e. The van der Waals surface area contributed by atoms with Crippen LogP contribution in [0.1, 0.15) is 21.9 Å². The number of nitrogens with one attached hydrogen (secondary N) is 1. The Bertz CT molecular complexity index is 748. The highest BCUT2D eigenvalue weighted by Gasteiger charge is 2.14. The van der Waals surface area contributed by atoms with E-state index in [-0.39, 0.29) is 5.91 Å². The lowest BCUT2D eigenvalue weighted by Gasteiger charge is -2.09. The molecule has 0 saturated heterocycles. The van der Waals surface area contributed by atoms with Crippen molar-refractivity contribution in [1.82, 2.24) is 25.5 Å². The first-order chi connectivity index (χ1) is 10.3. The summed E-state index contributed by atoms with van der Waals surface area (Å²) in [6.45, 7) is 2.10. The summed E-state index contributed by atoms with van der Waals surface area (Å²) in [6, 6.07) is 10.7. The molecule has 0 saturated carbocycles. The molecule has 1 amide bonds. The molecule has 0 atom stereocenters. The molecule has 0 bridgehead atoms. The number of hydrogen-bond acceptors (Lipinski definition) is 5. The van der Waals surface area contributed by atoms with Crippen molar-refractivity contribution in [2.75, 3.05) is 0 Å². The molecule has 0 spiro atoms. The number of hydrogen-bond donors (Lipinski definition) is 1. The molecule has 3 aromatic rings. The summed E-state index contributed by atoms with van der Waals surface area (Å²) < 4.78 is 6.72. The van der Waals surface area contributed by atoms with Crippen molar-refractivity contribution < 1.29 is 9.21 Å². The van der Waals surface area contributed by atoms with E-state index in [0.717, 1.165) is 0 Å². The van der Waals surface area contributed by atoms with Gasteiger partial charge in [0.25, 0.3) is 5.91 Å². The van der Waals surface area contributed by atoms with Crippen molar-refractivity contribution in [3.8, 4) is 5.69 Å². The topological polar surface area (TPSA) is 85.8 Å². The number of furan rings is 1. The predicted octanol–water partition coefficient (Wildman–Crippen LogP) is 1.49. The van der Waals surface area contributed by atoms with Gasteiger partial charge in [0.1, 0.15) is 5.76 Å². The third-order valence-electron chi connectivity index (χ3n) is 3.01. The van der Waals surface area contributed by atoms with Gasteiger partial charge in [-0.1, -0.05) is 12.1 Å². The summed E-state index contributed by atoms with van der Waals surface area (Å²) in [5, 5.41) is 14.1. The van der Waals surface area contributed by atoms with Crippen LogP contribution in [0.15, 0.2) is 47.1 Å². The van der Waals surface area contributed by atoms with Crippen LogP contribution in [0, 0.1) is 6.92 Å². The maximum absolute atomic E-state index is 12.3. The fraction of sp³-hybridized carbons (Fsp3) is 0.143. The van der Waals surface area contributed by atoms with E-state index < -0.39 is 0 Å². The van der Waals surface area contributed by atoms with E-state index in [2.05, 4.69) is 20.8 Å². The van der Waals surface area contributed by atoms with Crippen LogP contribution >= 0.6 is 0 Å². The van der Waals surface area contributed by atoms with E-state index in [4.69, 9.17) is 4.42 Å². The first kappa shape index (κ1) is 13.0. The number of aromatic nitrogens is 4. The van der Waals surface area contributed by atoms with Gasteiger partial charge >= 0.3 is 0 Å². The SMILES string of the molecule is Cc1nnnn1-c1ccccc1C(=O)NCc1ccco1. The van der Waals surface area contributed by atoms with E-state index in [0.29, 0.717) is 29.4 Å². The van der Waals surface area contributed by atoms with Crippen molar-refractivity contribution in [2.45, 2.75) is 13.5 Å². The summed E-state index contributed by atoms with van der Waals surface area (Å²) in [6.07, 6.45) is 1.57. The predicted molar refractivity (Wildman–Crippen MR) is 73.8 cm³/mol. The third kappa shape index (κ3) is 2.66. The van der Waals surface area contributed by atoms with Crippen molar-refractivity contribution in [1.29, 1.82) is 0 Å². The summed E-state index contributed by atoms with van der Waals surface area (Å²) >= 11 is 0. The molecule has 2 aromatic heterocycles. The highest BCUT2D eigenvalue weighted by atomic mass is 16.3. The highest BCUT2D eigenvalue weighted by molar-refractivity contribution is 5.97. The molecular weight excluding hydrogens is 270 g/mol. The molecule has 1 N–H and O–H groups in total.